The molecule has 0 unspecified atom stereocenters. The van der Waals surface area contributed by atoms with Crippen LogP contribution >= 0.6 is 0 Å². The third-order valence-corrected chi connectivity index (χ3v) is 3.73. The van der Waals surface area contributed by atoms with Crippen LogP contribution in [0.5, 0.6) is 0 Å². The molecule has 0 atom stereocenters. The normalized spacial score (nSPS) is 20.4. The second-order valence-electron chi connectivity index (χ2n) is 5.22. The van der Waals surface area contributed by atoms with Crippen molar-refractivity contribution in [3.8, 4) is 0 Å². The molecule has 20 heavy (non-hydrogen) atoms. The van der Waals surface area contributed by atoms with Crippen molar-refractivity contribution in [3.05, 3.63) is 0 Å². The molecule has 0 N–H and O–H groups in total. The second kappa shape index (κ2) is 6.69. The van der Waals surface area contributed by atoms with Crippen LogP contribution in [-0.2, 0) is 19.1 Å². The zero-order chi connectivity index (χ0) is 14.5. The molecule has 0 aromatic heterocycles. The topological polar surface area (TPSA) is 70.2 Å². The highest BCUT2D eigenvalue weighted by Gasteiger charge is 2.26. The lowest BCUT2D eigenvalue weighted by molar-refractivity contribution is -0.161. The van der Waals surface area contributed by atoms with E-state index in [1.54, 1.807) is 4.90 Å². The largest absolute Gasteiger partial charge is 0.457 e. The molecule has 0 aliphatic carbocycles. The van der Waals surface area contributed by atoms with Gasteiger partial charge in [-0.1, -0.05) is 0 Å². The van der Waals surface area contributed by atoms with Gasteiger partial charge in [0, 0.05) is 39.1 Å². The Labute approximate surface area is 118 Å². The number of carbonyl (C=O) groups excluding carboxylic acids is 3. The number of rotatable bonds is 3. The van der Waals surface area contributed by atoms with E-state index in [2.05, 4.69) is 4.90 Å². The van der Waals surface area contributed by atoms with Gasteiger partial charge in [0.1, 0.15) is 6.61 Å². The van der Waals surface area contributed by atoms with E-state index in [0.29, 0.717) is 32.6 Å². The Bertz CT molecular complexity index is 391. The van der Waals surface area contributed by atoms with Crippen molar-refractivity contribution < 1.29 is 19.1 Å². The zero-order valence-corrected chi connectivity index (χ0v) is 11.8. The Morgan fingerprint density at radius 3 is 2.45 bits per heavy atom. The molecule has 0 spiro atoms. The maximum atomic E-state index is 11.8. The summed E-state index contributed by atoms with van der Waals surface area (Å²) in [6.45, 7) is 3.81. The van der Waals surface area contributed by atoms with Gasteiger partial charge in [0.25, 0.3) is 0 Å². The summed E-state index contributed by atoms with van der Waals surface area (Å²) in [4.78, 5) is 40.1. The minimum Gasteiger partial charge on any atom is -0.457 e. The minimum atomic E-state index is -0.818. The highest BCUT2D eigenvalue weighted by atomic mass is 16.5. The molecular formula is C13H21N3O4. The molecule has 0 aromatic carbocycles. The van der Waals surface area contributed by atoms with E-state index >= 15 is 0 Å². The van der Waals surface area contributed by atoms with Crippen molar-refractivity contribution >= 4 is 17.8 Å². The number of piperazine rings is 1. The van der Waals surface area contributed by atoms with Crippen LogP contribution in [0, 0.1) is 0 Å². The number of hydrogen-bond donors (Lipinski definition) is 0. The van der Waals surface area contributed by atoms with Crippen molar-refractivity contribution in [2.24, 2.45) is 0 Å². The Morgan fingerprint density at radius 2 is 1.85 bits per heavy atom. The standard InChI is InChI=1S/C13H21N3O4/c1-14-5-7-16(8-6-14)12(18)13(19)20-10-9-15-4-2-3-11(15)17/h2-10H2,1H3. The van der Waals surface area contributed by atoms with E-state index in [1.165, 1.54) is 4.90 Å². The SMILES string of the molecule is CN1CCN(C(=O)C(=O)OCCN2CCCC2=O)CC1. The van der Waals surface area contributed by atoms with Gasteiger partial charge in [0.2, 0.25) is 5.91 Å². The summed E-state index contributed by atoms with van der Waals surface area (Å²) in [5, 5.41) is 0. The number of nitrogens with zero attached hydrogens (tertiary/aromatic N) is 3. The van der Waals surface area contributed by atoms with Crippen LogP contribution in [0.2, 0.25) is 0 Å². The summed E-state index contributed by atoms with van der Waals surface area (Å²) in [5.74, 6) is -1.31. The van der Waals surface area contributed by atoms with Crippen LogP contribution in [0.15, 0.2) is 0 Å². The van der Waals surface area contributed by atoms with E-state index in [-0.39, 0.29) is 12.5 Å². The molecule has 0 radical (unpaired) electrons. The summed E-state index contributed by atoms with van der Waals surface area (Å²) in [7, 11) is 1.98. The van der Waals surface area contributed by atoms with E-state index in [9.17, 15) is 14.4 Å². The van der Waals surface area contributed by atoms with Gasteiger partial charge < -0.3 is 19.4 Å². The number of amides is 2. The van der Waals surface area contributed by atoms with Crippen molar-refractivity contribution in [2.75, 3.05) is 52.9 Å². The third-order valence-electron chi connectivity index (χ3n) is 3.73. The second-order valence-corrected chi connectivity index (χ2v) is 5.22. The van der Waals surface area contributed by atoms with Crippen LogP contribution < -0.4 is 0 Å². The quantitative estimate of drug-likeness (QED) is 0.487. The number of esters is 1. The van der Waals surface area contributed by atoms with Crippen molar-refractivity contribution in [3.63, 3.8) is 0 Å². The minimum absolute atomic E-state index is 0.0874. The van der Waals surface area contributed by atoms with E-state index in [1.807, 2.05) is 7.05 Å². The Hall–Kier alpha value is -1.63. The molecule has 2 amide bonds. The molecule has 2 heterocycles. The highest BCUT2D eigenvalue weighted by molar-refractivity contribution is 6.32. The van der Waals surface area contributed by atoms with Gasteiger partial charge in [-0.15, -0.1) is 0 Å². The van der Waals surface area contributed by atoms with Crippen molar-refractivity contribution in [1.82, 2.24) is 14.7 Å². The summed E-state index contributed by atoms with van der Waals surface area (Å²) in [6, 6.07) is 0. The van der Waals surface area contributed by atoms with E-state index in [4.69, 9.17) is 4.74 Å². The zero-order valence-electron chi connectivity index (χ0n) is 11.8. The fourth-order valence-electron chi connectivity index (χ4n) is 2.39. The first-order valence-corrected chi connectivity index (χ1v) is 7.00. The lowest BCUT2D eigenvalue weighted by Crippen LogP contribution is -2.49. The van der Waals surface area contributed by atoms with Gasteiger partial charge >= 0.3 is 11.9 Å². The first-order valence-electron chi connectivity index (χ1n) is 7.00. The average molecular weight is 283 g/mol. The van der Waals surface area contributed by atoms with Gasteiger partial charge in [-0.2, -0.15) is 0 Å². The summed E-state index contributed by atoms with van der Waals surface area (Å²) < 4.78 is 4.96. The van der Waals surface area contributed by atoms with Gasteiger partial charge in [0.15, 0.2) is 0 Å². The van der Waals surface area contributed by atoms with Crippen LogP contribution in [0.1, 0.15) is 12.8 Å². The van der Waals surface area contributed by atoms with Crippen molar-refractivity contribution in [2.45, 2.75) is 12.8 Å². The molecule has 2 aliphatic rings. The Balaban J connectivity index is 1.68. The van der Waals surface area contributed by atoms with Gasteiger partial charge in [-0.05, 0) is 13.5 Å². The van der Waals surface area contributed by atoms with Gasteiger partial charge in [-0.25, -0.2) is 4.79 Å². The van der Waals surface area contributed by atoms with Crippen LogP contribution in [0.25, 0.3) is 0 Å². The number of carbonyl (C=O) groups is 3. The summed E-state index contributed by atoms with van der Waals surface area (Å²) in [6.07, 6.45) is 1.42. The fourth-order valence-corrected chi connectivity index (χ4v) is 2.39. The van der Waals surface area contributed by atoms with Crippen LogP contribution in [-0.4, -0.2) is 85.4 Å². The Kier molecular flexibility index (Phi) is 4.94. The number of likely N-dealkylation sites (N-methyl/N-ethyl adjacent to an activating group) is 1. The number of hydrogen-bond acceptors (Lipinski definition) is 5. The monoisotopic (exact) mass is 283 g/mol. The highest BCUT2D eigenvalue weighted by Crippen LogP contribution is 2.08. The predicted octanol–water partition coefficient (Wildman–Crippen LogP) is -1.07. The average Bonchev–Trinajstić information content (AvgIpc) is 2.84. The molecule has 112 valence electrons. The molecule has 0 saturated carbocycles. The predicted molar refractivity (Wildman–Crippen MR) is 70.9 cm³/mol. The molecule has 0 bridgehead atoms. The smallest absolute Gasteiger partial charge is 0.397 e. The molecule has 2 rings (SSSR count). The lowest BCUT2D eigenvalue weighted by Gasteiger charge is -2.31. The van der Waals surface area contributed by atoms with Crippen molar-refractivity contribution in [1.29, 1.82) is 0 Å². The molecule has 2 aliphatic heterocycles. The maximum absolute atomic E-state index is 11.8. The van der Waals surface area contributed by atoms with E-state index < -0.39 is 11.9 Å². The molecule has 7 nitrogen and oxygen atoms in total. The molecule has 2 saturated heterocycles. The Morgan fingerprint density at radius 1 is 1.15 bits per heavy atom. The summed E-state index contributed by atoms with van der Waals surface area (Å²) >= 11 is 0. The summed E-state index contributed by atoms with van der Waals surface area (Å²) in [5.41, 5.74) is 0. The number of likely N-dealkylation sites (tertiary alicyclic amines) is 1. The van der Waals surface area contributed by atoms with Crippen LogP contribution in [0.3, 0.4) is 0 Å². The molecule has 0 aromatic rings. The lowest BCUT2D eigenvalue weighted by atomic mass is 10.3. The number of ether oxygens (including phenoxy) is 1. The molecule has 7 heteroatoms. The first-order chi connectivity index (χ1) is 9.58. The third kappa shape index (κ3) is 3.69. The van der Waals surface area contributed by atoms with Gasteiger partial charge in [0.05, 0.1) is 6.54 Å². The maximum Gasteiger partial charge on any atom is 0.397 e. The van der Waals surface area contributed by atoms with Gasteiger partial charge in [-0.3, -0.25) is 9.59 Å². The molecule has 2 fully saturated rings. The fraction of sp³-hybridized carbons (Fsp3) is 0.769. The molecular weight excluding hydrogens is 262 g/mol. The van der Waals surface area contributed by atoms with E-state index in [0.717, 1.165) is 19.5 Å². The van der Waals surface area contributed by atoms with Crippen LogP contribution in [0.4, 0.5) is 0 Å². The first kappa shape index (κ1) is 14.8.